The molecule has 0 atom stereocenters. The van der Waals surface area contributed by atoms with Gasteiger partial charge in [-0.2, -0.15) is 5.10 Å². The molecule has 0 aliphatic heterocycles. The second-order valence-electron chi connectivity index (χ2n) is 9.19. The Hall–Kier alpha value is -4.99. The molecule has 0 bridgehead atoms. The molecular weight excluding hydrogens is 500 g/mol. The zero-order chi connectivity index (χ0) is 26.9. The molecule has 0 spiro atoms. The zero-order valence-corrected chi connectivity index (χ0v) is 20.9. The third-order valence-corrected chi connectivity index (χ3v) is 6.51. The normalized spacial score (nSPS) is 11.4. The highest BCUT2D eigenvalue weighted by Gasteiger charge is 2.21. The van der Waals surface area contributed by atoms with Crippen LogP contribution in [-0.2, 0) is 4.79 Å². The predicted molar refractivity (Wildman–Crippen MR) is 146 cm³/mol. The fraction of sp³-hybridized carbons (Fsp3) is 0.138. The second-order valence-corrected chi connectivity index (χ2v) is 9.19. The molecule has 8 nitrogen and oxygen atoms in total. The van der Waals surface area contributed by atoms with Crippen LogP contribution >= 0.6 is 0 Å². The molecule has 6 rings (SSSR count). The number of fused-ring (bicyclic) bond motifs is 2. The van der Waals surface area contributed by atoms with E-state index in [-0.39, 0.29) is 22.8 Å². The molecule has 0 aliphatic rings. The van der Waals surface area contributed by atoms with Gasteiger partial charge in [-0.15, -0.1) is 0 Å². The van der Waals surface area contributed by atoms with E-state index < -0.39 is 5.82 Å². The smallest absolute Gasteiger partial charge is 0.224 e. The average molecular weight is 524 g/mol. The Balaban J connectivity index is 1.41. The number of carbonyl (C=O) groups is 1. The van der Waals surface area contributed by atoms with Gasteiger partial charge in [0.15, 0.2) is 11.5 Å². The highest BCUT2D eigenvalue weighted by atomic mass is 19.1. The molecule has 4 aromatic heterocycles. The number of nitrogens with zero attached hydrogens (tertiary/aromatic N) is 4. The summed E-state index contributed by atoms with van der Waals surface area (Å²) in [5.74, 6) is -0.658. The first-order valence-corrected chi connectivity index (χ1v) is 12.5. The Morgan fingerprint density at radius 3 is 2.77 bits per heavy atom. The first-order valence-electron chi connectivity index (χ1n) is 12.5. The number of unbranched alkanes of at least 4 members (excludes halogenated alkanes) is 1. The number of aromatic amines is 2. The number of anilines is 1. The van der Waals surface area contributed by atoms with Crippen molar-refractivity contribution >= 4 is 33.7 Å². The van der Waals surface area contributed by atoms with E-state index in [1.54, 1.807) is 48.8 Å². The molecule has 6 aromatic rings. The van der Waals surface area contributed by atoms with E-state index in [2.05, 4.69) is 35.5 Å². The van der Waals surface area contributed by atoms with Crippen molar-refractivity contribution in [2.75, 3.05) is 5.32 Å². The number of hydrogen-bond acceptors (Lipinski definition) is 5. The standard InChI is InChI=1S/C29H23F2N7O/c1-2-3-7-23(39)34-19-13-17(14-32-15-19)20-8-9-22-24(25(20)31)27(38-37-22)29-35-26-21(10-11-33-28(26)36-29)16-5-4-6-18(30)12-16/h4-6,8-15H,2-3,7H2,1H3,(H,34,39)(H,37,38)(H,33,35,36). The van der Waals surface area contributed by atoms with Crippen molar-refractivity contribution in [3.05, 3.63) is 78.8 Å². The van der Waals surface area contributed by atoms with Gasteiger partial charge in [-0.3, -0.25) is 14.9 Å². The van der Waals surface area contributed by atoms with Crippen molar-refractivity contribution < 1.29 is 13.6 Å². The number of pyridine rings is 2. The molecule has 0 saturated carbocycles. The molecule has 2 aromatic carbocycles. The SMILES string of the molecule is CCCCC(=O)Nc1cncc(-c2ccc3[nH]nc(-c4nc5nccc(-c6cccc(F)c6)c5[nH]4)c3c2F)c1. The summed E-state index contributed by atoms with van der Waals surface area (Å²) >= 11 is 0. The van der Waals surface area contributed by atoms with Crippen LogP contribution < -0.4 is 5.32 Å². The van der Waals surface area contributed by atoms with Gasteiger partial charge < -0.3 is 10.3 Å². The highest BCUT2D eigenvalue weighted by molar-refractivity contribution is 5.98. The minimum Gasteiger partial charge on any atom is -0.335 e. The molecule has 0 saturated heterocycles. The lowest BCUT2D eigenvalue weighted by Crippen LogP contribution is -2.11. The summed E-state index contributed by atoms with van der Waals surface area (Å²) in [5.41, 5.74) is 4.43. The fourth-order valence-electron chi connectivity index (χ4n) is 4.60. The minimum atomic E-state index is -0.508. The van der Waals surface area contributed by atoms with E-state index in [1.165, 1.54) is 18.3 Å². The molecule has 0 unspecified atom stereocenters. The number of H-pyrrole nitrogens is 2. The van der Waals surface area contributed by atoms with Gasteiger partial charge in [0.05, 0.1) is 28.3 Å². The van der Waals surface area contributed by atoms with Crippen molar-refractivity contribution in [1.82, 2.24) is 30.1 Å². The quantitative estimate of drug-likeness (QED) is 0.217. The summed E-state index contributed by atoms with van der Waals surface area (Å²) < 4.78 is 30.0. The van der Waals surface area contributed by atoms with Crippen molar-refractivity contribution in [3.8, 4) is 33.8 Å². The average Bonchev–Trinajstić information content (AvgIpc) is 3.57. The number of imidazole rings is 1. The van der Waals surface area contributed by atoms with Gasteiger partial charge in [-0.25, -0.2) is 18.7 Å². The molecular formula is C29H23F2N7O. The van der Waals surface area contributed by atoms with Crippen LogP contribution in [0.15, 0.2) is 67.1 Å². The number of amides is 1. The van der Waals surface area contributed by atoms with Gasteiger partial charge >= 0.3 is 0 Å². The predicted octanol–water partition coefficient (Wildman–Crippen LogP) is 6.64. The lowest BCUT2D eigenvalue weighted by Gasteiger charge is -2.08. The van der Waals surface area contributed by atoms with Gasteiger partial charge in [0.2, 0.25) is 5.91 Å². The molecule has 10 heteroatoms. The van der Waals surface area contributed by atoms with Crippen LogP contribution in [0, 0.1) is 11.6 Å². The van der Waals surface area contributed by atoms with E-state index in [4.69, 9.17) is 0 Å². The zero-order valence-electron chi connectivity index (χ0n) is 20.9. The Morgan fingerprint density at radius 2 is 1.92 bits per heavy atom. The summed E-state index contributed by atoms with van der Waals surface area (Å²) in [7, 11) is 0. The van der Waals surface area contributed by atoms with Gasteiger partial charge in [-0.1, -0.05) is 25.5 Å². The van der Waals surface area contributed by atoms with Crippen LogP contribution in [-0.4, -0.2) is 36.0 Å². The van der Waals surface area contributed by atoms with Gasteiger partial charge in [0, 0.05) is 35.5 Å². The second kappa shape index (κ2) is 10.1. The molecule has 0 aliphatic carbocycles. The first-order chi connectivity index (χ1) is 19.0. The third-order valence-electron chi connectivity index (χ3n) is 6.51. The molecule has 3 N–H and O–H groups in total. The lowest BCUT2D eigenvalue weighted by atomic mass is 10.0. The Labute approximate surface area is 221 Å². The Morgan fingerprint density at radius 1 is 1.03 bits per heavy atom. The minimum absolute atomic E-state index is 0.111. The van der Waals surface area contributed by atoms with Crippen LogP contribution in [0.25, 0.3) is 55.8 Å². The molecule has 4 heterocycles. The highest BCUT2D eigenvalue weighted by Crippen LogP contribution is 2.35. The van der Waals surface area contributed by atoms with E-state index >= 15 is 4.39 Å². The number of nitrogens with one attached hydrogen (secondary N) is 3. The van der Waals surface area contributed by atoms with Crippen LogP contribution in [0.5, 0.6) is 0 Å². The largest absolute Gasteiger partial charge is 0.335 e. The number of carbonyl (C=O) groups excluding carboxylic acids is 1. The molecule has 1 amide bonds. The summed E-state index contributed by atoms with van der Waals surface area (Å²) in [6.07, 6.45) is 6.78. The topological polar surface area (TPSA) is 112 Å². The molecule has 0 fully saturated rings. The van der Waals surface area contributed by atoms with Gasteiger partial charge in [-0.05, 0) is 48.4 Å². The van der Waals surface area contributed by atoms with E-state index in [1.807, 2.05) is 6.92 Å². The maximum atomic E-state index is 16.1. The number of benzene rings is 2. The number of aromatic nitrogens is 6. The first kappa shape index (κ1) is 24.4. The number of rotatable bonds is 7. The van der Waals surface area contributed by atoms with E-state index in [0.717, 1.165) is 12.8 Å². The van der Waals surface area contributed by atoms with Crippen LogP contribution in [0.2, 0.25) is 0 Å². The third kappa shape index (κ3) is 4.61. The van der Waals surface area contributed by atoms with E-state index in [0.29, 0.717) is 56.9 Å². The maximum Gasteiger partial charge on any atom is 0.224 e. The van der Waals surface area contributed by atoms with Crippen LogP contribution in [0.4, 0.5) is 14.5 Å². The van der Waals surface area contributed by atoms with Gasteiger partial charge in [0.25, 0.3) is 0 Å². The number of hydrogen-bond donors (Lipinski definition) is 3. The number of halogens is 2. The maximum absolute atomic E-state index is 16.1. The van der Waals surface area contributed by atoms with Crippen molar-refractivity contribution in [3.63, 3.8) is 0 Å². The summed E-state index contributed by atoms with van der Waals surface area (Å²) in [5, 5.41) is 10.3. The van der Waals surface area contributed by atoms with Crippen molar-refractivity contribution in [2.45, 2.75) is 26.2 Å². The summed E-state index contributed by atoms with van der Waals surface area (Å²) in [6.45, 7) is 2.02. The van der Waals surface area contributed by atoms with E-state index in [9.17, 15) is 9.18 Å². The van der Waals surface area contributed by atoms with Gasteiger partial charge in [0.1, 0.15) is 17.3 Å². The van der Waals surface area contributed by atoms with Crippen molar-refractivity contribution in [1.29, 1.82) is 0 Å². The monoisotopic (exact) mass is 523 g/mol. The van der Waals surface area contributed by atoms with Crippen LogP contribution in [0.3, 0.4) is 0 Å². The van der Waals surface area contributed by atoms with Crippen LogP contribution in [0.1, 0.15) is 26.2 Å². The van der Waals surface area contributed by atoms with Crippen molar-refractivity contribution in [2.24, 2.45) is 0 Å². The Kier molecular flexibility index (Phi) is 6.28. The molecule has 0 radical (unpaired) electrons. The molecule has 39 heavy (non-hydrogen) atoms. The lowest BCUT2D eigenvalue weighted by molar-refractivity contribution is -0.116. The Bertz CT molecular complexity index is 1840. The summed E-state index contributed by atoms with van der Waals surface area (Å²) in [4.78, 5) is 28.5. The fourth-order valence-corrected chi connectivity index (χ4v) is 4.60. The molecule has 194 valence electrons. The summed E-state index contributed by atoms with van der Waals surface area (Å²) in [6, 6.07) is 13.1.